The lowest BCUT2D eigenvalue weighted by Crippen LogP contribution is -2.21. The molecule has 0 atom stereocenters. The van der Waals surface area contributed by atoms with Gasteiger partial charge in [-0.15, -0.1) is 0 Å². The number of amides is 1. The topological polar surface area (TPSA) is 116 Å². The third-order valence-corrected chi connectivity index (χ3v) is 6.13. The molecule has 1 aliphatic rings. The van der Waals surface area contributed by atoms with E-state index in [1.54, 1.807) is 60.7 Å². The third-order valence-electron chi connectivity index (χ3n) is 6.13. The molecule has 1 heterocycles. The second-order valence-corrected chi connectivity index (χ2v) is 8.19. The number of fused-ring (bicyclic) bond motifs is 1. The number of nitro groups is 2. The average Bonchev–Trinajstić information content (AvgIpc) is 3.20. The number of para-hydroxylation sites is 1. The smallest absolute Gasteiger partial charge is 0.277 e. The predicted octanol–water partition coefficient (Wildman–Crippen LogP) is 6.15. The number of ether oxygens (including phenoxy) is 1. The van der Waals surface area contributed by atoms with Gasteiger partial charge in [0, 0.05) is 35.0 Å². The molecule has 0 aliphatic carbocycles. The molecule has 9 heteroatoms. The minimum Gasteiger partial charge on any atom is -0.497 e. The fraction of sp³-hybridized carbons (Fsp3) is 0.0357. The molecule has 9 nitrogen and oxygen atoms in total. The summed E-state index contributed by atoms with van der Waals surface area (Å²) in [6, 6.07) is 26.1. The van der Waals surface area contributed by atoms with Crippen molar-refractivity contribution in [1.29, 1.82) is 0 Å². The van der Waals surface area contributed by atoms with Crippen molar-refractivity contribution in [2.75, 3.05) is 12.0 Å². The van der Waals surface area contributed by atoms with Gasteiger partial charge in [0.1, 0.15) is 5.75 Å². The van der Waals surface area contributed by atoms with Crippen LogP contribution in [0.4, 0.5) is 22.7 Å². The number of hydrogen-bond acceptors (Lipinski definition) is 6. The van der Waals surface area contributed by atoms with Crippen LogP contribution in [0.2, 0.25) is 0 Å². The van der Waals surface area contributed by atoms with Crippen LogP contribution in [0.15, 0.2) is 97.1 Å². The molecule has 4 aromatic rings. The van der Waals surface area contributed by atoms with Gasteiger partial charge in [0.25, 0.3) is 17.3 Å². The van der Waals surface area contributed by atoms with Crippen molar-refractivity contribution in [3.63, 3.8) is 0 Å². The van der Waals surface area contributed by atoms with E-state index in [9.17, 15) is 25.0 Å². The fourth-order valence-corrected chi connectivity index (χ4v) is 4.48. The highest BCUT2D eigenvalue weighted by molar-refractivity contribution is 6.41. The van der Waals surface area contributed by atoms with Crippen LogP contribution in [0.5, 0.6) is 5.75 Å². The molecule has 182 valence electrons. The van der Waals surface area contributed by atoms with Gasteiger partial charge in [0.2, 0.25) is 0 Å². The second-order valence-electron chi connectivity index (χ2n) is 8.19. The Morgan fingerprint density at radius 1 is 0.811 bits per heavy atom. The van der Waals surface area contributed by atoms with Crippen LogP contribution >= 0.6 is 0 Å². The molecule has 0 spiro atoms. The maximum Gasteiger partial charge on any atom is 0.277 e. The molecular weight excluding hydrogens is 474 g/mol. The standard InChI is InChI=1S/C28H19N3O6/c1-37-21-15-16-24-23(17-21)27(28(32)29(24)19-11-13-20(14-12-19)30(33)34)26(18-7-3-2-4-8-18)22-9-5-6-10-25(22)31(35)36/h2-17H,1H3/b27-26+. The number of anilines is 2. The molecule has 0 unspecified atom stereocenters. The highest BCUT2D eigenvalue weighted by Crippen LogP contribution is 2.48. The Morgan fingerprint density at radius 3 is 2.14 bits per heavy atom. The van der Waals surface area contributed by atoms with E-state index in [1.165, 1.54) is 42.3 Å². The molecule has 37 heavy (non-hydrogen) atoms. The number of non-ortho nitro benzene ring substituents is 1. The van der Waals surface area contributed by atoms with E-state index in [4.69, 9.17) is 4.74 Å². The van der Waals surface area contributed by atoms with Gasteiger partial charge in [0.05, 0.1) is 33.8 Å². The molecule has 5 rings (SSSR count). The highest BCUT2D eigenvalue weighted by Gasteiger charge is 2.38. The summed E-state index contributed by atoms with van der Waals surface area (Å²) < 4.78 is 5.42. The first kappa shape index (κ1) is 23.4. The SMILES string of the molecule is COc1ccc2c(c1)/C(=C(/c1ccccc1)c1ccccc1[N+](=O)[O-])C(=O)N2c1ccc([N+](=O)[O-])cc1. The summed E-state index contributed by atoms with van der Waals surface area (Å²) in [5.41, 5.74) is 2.81. The van der Waals surface area contributed by atoms with Crippen LogP contribution in [-0.2, 0) is 4.79 Å². The molecule has 0 bridgehead atoms. The normalized spacial score (nSPS) is 13.8. The Hall–Kier alpha value is -5.31. The van der Waals surface area contributed by atoms with Crippen LogP contribution in [0.1, 0.15) is 16.7 Å². The zero-order valence-corrected chi connectivity index (χ0v) is 19.5. The number of nitrogens with zero attached hydrogens (tertiary/aromatic N) is 3. The van der Waals surface area contributed by atoms with Gasteiger partial charge in [-0.1, -0.05) is 42.5 Å². The number of methoxy groups -OCH3 is 1. The molecule has 1 aliphatic heterocycles. The molecule has 0 saturated carbocycles. The van der Waals surface area contributed by atoms with Crippen molar-refractivity contribution < 1.29 is 19.4 Å². The lowest BCUT2D eigenvalue weighted by atomic mass is 9.89. The van der Waals surface area contributed by atoms with Gasteiger partial charge in [-0.2, -0.15) is 0 Å². The third kappa shape index (κ3) is 4.08. The molecule has 1 amide bonds. The van der Waals surface area contributed by atoms with Gasteiger partial charge in [-0.05, 0) is 42.0 Å². The first-order chi connectivity index (χ1) is 17.9. The van der Waals surface area contributed by atoms with Crippen molar-refractivity contribution in [3.05, 3.63) is 134 Å². The first-order valence-corrected chi connectivity index (χ1v) is 11.2. The average molecular weight is 493 g/mol. The van der Waals surface area contributed by atoms with Gasteiger partial charge in [0.15, 0.2) is 0 Å². The quantitative estimate of drug-likeness (QED) is 0.181. The Balaban J connectivity index is 1.84. The maximum atomic E-state index is 14.2. The second kappa shape index (κ2) is 9.38. The van der Waals surface area contributed by atoms with Crippen molar-refractivity contribution in [3.8, 4) is 5.75 Å². The van der Waals surface area contributed by atoms with E-state index < -0.39 is 15.8 Å². The Kier molecular flexibility index (Phi) is 5.94. The van der Waals surface area contributed by atoms with Gasteiger partial charge in [-0.3, -0.25) is 29.9 Å². The summed E-state index contributed by atoms with van der Waals surface area (Å²) in [6.07, 6.45) is 0. The number of benzene rings is 4. The minimum atomic E-state index is -0.512. The Labute approximate surface area is 211 Å². The van der Waals surface area contributed by atoms with E-state index in [2.05, 4.69) is 0 Å². The fourth-order valence-electron chi connectivity index (χ4n) is 4.48. The summed E-state index contributed by atoms with van der Waals surface area (Å²) in [4.78, 5) is 37.8. The lowest BCUT2D eigenvalue weighted by Gasteiger charge is -2.17. The molecule has 0 N–H and O–H groups in total. The predicted molar refractivity (Wildman–Crippen MR) is 139 cm³/mol. The van der Waals surface area contributed by atoms with E-state index in [-0.39, 0.29) is 16.9 Å². The summed E-state index contributed by atoms with van der Waals surface area (Å²) in [7, 11) is 1.51. The van der Waals surface area contributed by atoms with E-state index in [0.717, 1.165) is 0 Å². The number of carbonyl (C=O) groups excluding carboxylic acids is 1. The highest BCUT2D eigenvalue weighted by atomic mass is 16.6. The maximum absolute atomic E-state index is 14.2. The van der Waals surface area contributed by atoms with Crippen molar-refractivity contribution in [2.45, 2.75) is 0 Å². The van der Waals surface area contributed by atoms with E-state index in [1.807, 2.05) is 6.07 Å². The molecular formula is C28H19N3O6. The summed E-state index contributed by atoms with van der Waals surface area (Å²) >= 11 is 0. The Morgan fingerprint density at radius 2 is 1.49 bits per heavy atom. The largest absolute Gasteiger partial charge is 0.497 e. The zero-order valence-electron chi connectivity index (χ0n) is 19.5. The van der Waals surface area contributed by atoms with Crippen molar-refractivity contribution in [1.82, 2.24) is 0 Å². The number of rotatable bonds is 6. The summed E-state index contributed by atoms with van der Waals surface area (Å²) in [5.74, 6) is 0.0821. The van der Waals surface area contributed by atoms with Gasteiger partial charge < -0.3 is 4.74 Å². The first-order valence-electron chi connectivity index (χ1n) is 11.2. The van der Waals surface area contributed by atoms with E-state index >= 15 is 0 Å². The molecule has 0 aromatic heterocycles. The van der Waals surface area contributed by atoms with Crippen molar-refractivity contribution >= 4 is 39.8 Å². The molecule has 0 radical (unpaired) electrons. The summed E-state index contributed by atoms with van der Waals surface area (Å²) in [6.45, 7) is 0. The number of carbonyl (C=O) groups is 1. The number of hydrogen-bond donors (Lipinski definition) is 0. The van der Waals surface area contributed by atoms with Gasteiger partial charge in [-0.25, -0.2) is 0 Å². The Bertz CT molecular complexity index is 1580. The van der Waals surface area contributed by atoms with Crippen LogP contribution < -0.4 is 9.64 Å². The summed E-state index contributed by atoms with van der Waals surface area (Å²) in [5, 5.41) is 23.1. The van der Waals surface area contributed by atoms with Crippen LogP contribution in [-0.4, -0.2) is 22.9 Å². The molecule has 4 aromatic carbocycles. The number of nitro benzene ring substituents is 2. The van der Waals surface area contributed by atoms with Crippen LogP contribution in [0.25, 0.3) is 11.1 Å². The van der Waals surface area contributed by atoms with E-state index in [0.29, 0.717) is 39.4 Å². The van der Waals surface area contributed by atoms with Crippen molar-refractivity contribution in [2.24, 2.45) is 0 Å². The van der Waals surface area contributed by atoms with Gasteiger partial charge >= 0.3 is 0 Å². The monoisotopic (exact) mass is 493 g/mol. The molecule has 0 saturated heterocycles. The van der Waals surface area contributed by atoms with Crippen LogP contribution in [0.3, 0.4) is 0 Å². The van der Waals surface area contributed by atoms with Crippen LogP contribution in [0, 0.1) is 20.2 Å². The zero-order chi connectivity index (χ0) is 26.1. The minimum absolute atomic E-state index is 0.106. The molecule has 0 fully saturated rings. The lowest BCUT2D eigenvalue weighted by molar-refractivity contribution is -0.385.